The van der Waals surface area contributed by atoms with Crippen molar-refractivity contribution in [3.8, 4) is 0 Å². The highest BCUT2D eigenvalue weighted by atomic mass is 32.2. The number of rotatable bonds is 4. The van der Waals surface area contributed by atoms with Crippen LogP contribution in [0.15, 0.2) is 0 Å². The Balaban J connectivity index is 1.94. The molecule has 1 rings (SSSR count). The fourth-order valence-electron chi connectivity index (χ4n) is 1.31. The quantitative estimate of drug-likeness (QED) is 0.648. The van der Waals surface area contributed by atoms with E-state index < -0.39 is 0 Å². The average molecular weight is 174 g/mol. The average Bonchev–Trinajstić information content (AvgIpc) is 2.39. The topological polar surface area (TPSA) is 9.23 Å². The van der Waals surface area contributed by atoms with E-state index in [1.165, 1.54) is 25.0 Å². The van der Waals surface area contributed by atoms with Gasteiger partial charge in [-0.1, -0.05) is 13.8 Å². The first-order chi connectivity index (χ1) is 5.29. The van der Waals surface area contributed by atoms with Crippen LogP contribution in [-0.2, 0) is 4.74 Å². The van der Waals surface area contributed by atoms with E-state index in [1.807, 2.05) is 11.8 Å². The standard InChI is InChI=1S/C9H18OS/c1-8(2)11-7-5-9-4-3-6-10-9/h8-9H,3-7H2,1-2H3. The molecule has 0 radical (unpaired) electrons. The van der Waals surface area contributed by atoms with Gasteiger partial charge in [0.25, 0.3) is 0 Å². The monoisotopic (exact) mass is 174 g/mol. The molecule has 0 aromatic rings. The summed E-state index contributed by atoms with van der Waals surface area (Å²) in [7, 11) is 0. The first kappa shape index (κ1) is 9.40. The van der Waals surface area contributed by atoms with E-state index in [9.17, 15) is 0 Å². The Labute approximate surface area is 73.9 Å². The summed E-state index contributed by atoms with van der Waals surface area (Å²) >= 11 is 2.04. The van der Waals surface area contributed by atoms with E-state index in [0.29, 0.717) is 6.10 Å². The third-order valence-electron chi connectivity index (χ3n) is 1.92. The minimum Gasteiger partial charge on any atom is -0.378 e. The van der Waals surface area contributed by atoms with Gasteiger partial charge in [0.2, 0.25) is 0 Å². The molecule has 0 N–H and O–H groups in total. The molecule has 0 aliphatic carbocycles. The molecule has 0 aromatic heterocycles. The van der Waals surface area contributed by atoms with Crippen molar-refractivity contribution < 1.29 is 4.74 Å². The van der Waals surface area contributed by atoms with Crippen molar-refractivity contribution in [2.45, 2.75) is 44.5 Å². The minimum absolute atomic E-state index is 0.584. The van der Waals surface area contributed by atoms with Crippen molar-refractivity contribution in [2.75, 3.05) is 12.4 Å². The van der Waals surface area contributed by atoms with Gasteiger partial charge in [0.15, 0.2) is 0 Å². The van der Waals surface area contributed by atoms with Crippen LogP contribution in [0.1, 0.15) is 33.1 Å². The van der Waals surface area contributed by atoms with Gasteiger partial charge < -0.3 is 4.74 Å². The summed E-state index contributed by atoms with van der Waals surface area (Å²) in [6.45, 7) is 5.50. The molecule has 1 aliphatic rings. The zero-order valence-corrected chi connectivity index (χ0v) is 8.32. The molecule has 0 bridgehead atoms. The Morgan fingerprint density at radius 1 is 1.55 bits per heavy atom. The summed E-state index contributed by atoms with van der Waals surface area (Å²) in [5.41, 5.74) is 0. The largest absolute Gasteiger partial charge is 0.378 e. The van der Waals surface area contributed by atoms with Gasteiger partial charge in [-0.25, -0.2) is 0 Å². The summed E-state index contributed by atoms with van der Waals surface area (Å²) in [4.78, 5) is 0. The number of hydrogen-bond acceptors (Lipinski definition) is 2. The molecule has 11 heavy (non-hydrogen) atoms. The molecule has 2 heteroatoms. The zero-order valence-electron chi connectivity index (χ0n) is 7.51. The molecule has 0 amide bonds. The highest BCUT2D eigenvalue weighted by molar-refractivity contribution is 7.99. The van der Waals surface area contributed by atoms with Crippen molar-refractivity contribution in [1.82, 2.24) is 0 Å². The molecular formula is C9H18OS. The Morgan fingerprint density at radius 3 is 2.91 bits per heavy atom. The molecule has 1 fully saturated rings. The van der Waals surface area contributed by atoms with Crippen LogP contribution in [0.4, 0.5) is 0 Å². The predicted octanol–water partition coefficient (Wildman–Crippen LogP) is 2.70. The first-order valence-electron chi connectivity index (χ1n) is 4.52. The number of ether oxygens (including phenoxy) is 1. The van der Waals surface area contributed by atoms with Gasteiger partial charge in [0, 0.05) is 6.61 Å². The lowest BCUT2D eigenvalue weighted by Crippen LogP contribution is -2.06. The molecular weight excluding hydrogens is 156 g/mol. The zero-order chi connectivity index (χ0) is 8.10. The molecule has 1 unspecified atom stereocenters. The van der Waals surface area contributed by atoms with Crippen molar-refractivity contribution >= 4 is 11.8 Å². The smallest absolute Gasteiger partial charge is 0.0583 e. The van der Waals surface area contributed by atoms with Crippen molar-refractivity contribution in [3.05, 3.63) is 0 Å². The van der Waals surface area contributed by atoms with E-state index in [1.54, 1.807) is 0 Å². The Morgan fingerprint density at radius 2 is 2.36 bits per heavy atom. The summed E-state index contributed by atoms with van der Waals surface area (Å²) in [6.07, 6.45) is 4.40. The van der Waals surface area contributed by atoms with Crippen molar-refractivity contribution in [3.63, 3.8) is 0 Å². The van der Waals surface area contributed by atoms with Gasteiger partial charge in [-0.2, -0.15) is 11.8 Å². The van der Waals surface area contributed by atoms with Gasteiger partial charge in [0.05, 0.1) is 6.10 Å². The molecule has 0 aromatic carbocycles. The van der Waals surface area contributed by atoms with E-state index in [4.69, 9.17) is 4.74 Å². The maximum atomic E-state index is 5.52. The maximum Gasteiger partial charge on any atom is 0.0583 e. The molecule has 1 atom stereocenters. The molecule has 66 valence electrons. The van der Waals surface area contributed by atoms with Gasteiger partial charge >= 0.3 is 0 Å². The second-order valence-corrected chi connectivity index (χ2v) is 5.03. The lowest BCUT2D eigenvalue weighted by molar-refractivity contribution is 0.109. The summed E-state index contributed by atoms with van der Waals surface area (Å²) in [6, 6.07) is 0. The maximum absolute atomic E-state index is 5.52. The van der Waals surface area contributed by atoms with Crippen molar-refractivity contribution in [1.29, 1.82) is 0 Å². The molecule has 1 heterocycles. The third-order valence-corrected chi connectivity index (χ3v) is 3.05. The summed E-state index contributed by atoms with van der Waals surface area (Å²) in [5.74, 6) is 1.27. The van der Waals surface area contributed by atoms with Gasteiger partial charge in [-0.05, 0) is 30.3 Å². The van der Waals surface area contributed by atoms with Gasteiger partial charge in [-0.15, -0.1) is 0 Å². The van der Waals surface area contributed by atoms with Crippen LogP contribution in [0.25, 0.3) is 0 Å². The van der Waals surface area contributed by atoms with Crippen LogP contribution in [0, 0.1) is 0 Å². The van der Waals surface area contributed by atoms with Gasteiger partial charge in [-0.3, -0.25) is 0 Å². The normalized spacial score (nSPS) is 24.8. The molecule has 1 nitrogen and oxygen atoms in total. The van der Waals surface area contributed by atoms with Crippen LogP contribution in [0.3, 0.4) is 0 Å². The molecule has 0 saturated carbocycles. The fraction of sp³-hybridized carbons (Fsp3) is 1.00. The molecule has 1 saturated heterocycles. The van der Waals surface area contributed by atoms with Gasteiger partial charge in [0.1, 0.15) is 0 Å². The lowest BCUT2D eigenvalue weighted by Gasteiger charge is -2.09. The van der Waals surface area contributed by atoms with Crippen LogP contribution < -0.4 is 0 Å². The highest BCUT2D eigenvalue weighted by Gasteiger charge is 2.14. The number of hydrogen-bond donors (Lipinski definition) is 0. The van der Waals surface area contributed by atoms with Crippen LogP contribution in [-0.4, -0.2) is 23.7 Å². The SMILES string of the molecule is CC(C)SCCC1CCCO1. The Bertz CT molecular complexity index is 97.7. The Hall–Kier alpha value is 0.310. The summed E-state index contributed by atoms with van der Waals surface area (Å²) < 4.78 is 5.52. The fourth-order valence-corrected chi connectivity index (χ4v) is 2.18. The first-order valence-corrected chi connectivity index (χ1v) is 5.57. The molecule has 1 aliphatic heterocycles. The van der Waals surface area contributed by atoms with E-state index >= 15 is 0 Å². The Kier molecular flexibility index (Phi) is 4.31. The second kappa shape index (κ2) is 5.04. The van der Waals surface area contributed by atoms with E-state index in [0.717, 1.165) is 11.9 Å². The van der Waals surface area contributed by atoms with Crippen LogP contribution >= 0.6 is 11.8 Å². The third kappa shape index (κ3) is 4.02. The van der Waals surface area contributed by atoms with Crippen LogP contribution in [0.5, 0.6) is 0 Å². The van der Waals surface area contributed by atoms with Crippen LogP contribution in [0.2, 0.25) is 0 Å². The summed E-state index contributed by atoms with van der Waals surface area (Å²) in [5, 5.41) is 0.774. The second-order valence-electron chi connectivity index (χ2n) is 3.34. The molecule has 0 spiro atoms. The van der Waals surface area contributed by atoms with E-state index in [2.05, 4.69) is 13.8 Å². The lowest BCUT2D eigenvalue weighted by atomic mass is 10.2. The highest BCUT2D eigenvalue weighted by Crippen LogP contribution is 2.19. The minimum atomic E-state index is 0.584. The predicted molar refractivity (Wildman–Crippen MR) is 51.2 cm³/mol. The number of thioether (sulfide) groups is 1. The van der Waals surface area contributed by atoms with Crippen molar-refractivity contribution in [2.24, 2.45) is 0 Å². The van der Waals surface area contributed by atoms with E-state index in [-0.39, 0.29) is 0 Å².